The fraction of sp³-hybridized carbons (Fsp3) is 0.500. The van der Waals surface area contributed by atoms with E-state index in [1.54, 1.807) is 0 Å². The highest BCUT2D eigenvalue weighted by Crippen LogP contribution is 2.37. The Bertz CT molecular complexity index is 618. The van der Waals surface area contributed by atoms with Gasteiger partial charge in [0.1, 0.15) is 12.2 Å². The van der Waals surface area contributed by atoms with Crippen molar-refractivity contribution >= 4 is 5.71 Å². The van der Waals surface area contributed by atoms with Crippen molar-refractivity contribution in [3.05, 3.63) is 35.4 Å². The van der Waals surface area contributed by atoms with Crippen molar-refractivity contribution in [3.63, 3.8) is 0 Å². The molecule has 1 spiro atoms. The van der Waals surface area contributed by atoms with Crippen molar-refractivity contribution in [2.24, 2.45) is 5.16 Å². The van der Waals surface area contributed by atoms with E-state index in [0.717, 1.165) is 12.1 Å². The largest absolute Gasteiger partial charge is 0.416 e. The minimum Gasteiger partial charge on any atom is -0.388 e. The lowest BCUT2D eigenvalue weighted by Crippen LogP contribution is -2.60. The third-order valence-corrected chi connectivity index (χ3v) is 3.94. The van der Waals surface area contributed by atoms with Gasteiger partial charge in [-0.15, -0.1) is 0 Å². The molecule has 23 heavy (non-hydrogen) atoms. The summed E-state index contributed by atoms with van der Waals surface area (Å²) < 4.78 is 42.9. The van der Waals surface area contributed by atoms with E-state index in [0.29, 0.717) is 5.56 Å². The molecule has 2 aliphatic heterocycles. The Labute approximate surface area is 128 Å². The van der Waals surface area contributed by atoms with E-state index < -0.39 is 35.8 Å². The minimum absolute atomic E-state index is 0.0662. The van der Waals surface area contributed by atoms with Crippen LogP contribution in [0.3, 0.4) is 0 Å². The van der Waals surface area contributed by atoms with Crippen LogP contribution >= 0.6 is 0 Å². The van der Waals surface area contributed by atoms with Crippen LogP contribution in [0, 0.1) is 0 Å². The second kappa shape index (κ2) is 5.45. The maximum atomic E-state index is 12.6. The molecular formula is C14H14F3NO5. The molecule has 6 nitrogen and oxygen atoms in total. The van der Waals surface area contributed by atoms with E-state index >= 15 is 0 Å². The molecule has 0 amide bonds. The molecule has 0 unspecified atom stereocenters. The SMILES string of the molecule is O[C@H]1[C@H](O)CO[C@@]2(CC(c3ccc(C(F)(F)F)cc3)=NO2)[C@@H]1O. The fourth-order valence-electron chi connectivity index (χ4n) is 2.55. The Morgan fingerprint density at radius 2 is 1.78 bits per heavy atom. The summed E-state index contributed by atoms with van der Waals surface area (Å²) in [6.45, 7) is -0.256. The minimum atomic E-state index is -4.43. The zero-order chi connectivity index (χ0) is 16.8. The van der Waals surface area contributed by atoms with Gasteiger partial charge in [0.25, 0.3) is 5.79 Å². The highest BCUT2D eigenvalue weighted by Gasteiger charge is 2.55. The van der Waals surface area contributed by atoms with Crippen molar-refractivity contribution in [1.29, 1.82) is 0 Å². The van der Waals surface area contributed by atoms with Gasteiger partial charge in [0, 0.05) is 0 Å². The average Bonchev–Trinajstić information content (AvgIpc) is 2.94. The van der Waals surface area contributed by atoms with E-state index in [1.165, 1.54) is 12.1 Å². The number of benzene rings is 1. The summed E-state index contributed by atoms with van der Waals surface area (Å²) in [7, 11) is 0. The van der Waals surface area contributed by atoms with Crippen LogP contribution < -0.4 is 0 Å². The summed E-state index contributed by atoms with van der Waals surface area (Å²) >= 11 is 0. The number of halogens is 3. The number of aliphatic hydroxyl groups is 3. The number of hydrogen-bond acceptors (Lipinski definition) is 6. The van der Waals surface area contributed by atoms with Gasteiger partial charge in [0.15, 0.2) is 6.10 Å². The lowest BCUT2D eigenvalue weighted by Gasteiger charge is -2.40. The van der Waals surface area contributed by atoms with Crippen LogP contribution in [0.1, 0.15) is 17.5 Å². The standard InChI is InChI=1S/C14H14F3NO5/c15-14(16,17)8-3-1-7(2-4-8)9-5-13(23-18-9)12(21)11(20)10(19)6-22-13/h1-4,10-12,19-21H,5-6H2/t10-,11+,12-,13-/m1/s1. The van der Waals surface area contributed by atoms with Crippen LogP contribution in [0.25, 0.3) is 0 Å². The fourth-order valence-corrected chi connectivity index (χ4v) is 2.55. The first-order valence-electron chi connectivity index (χ1n) is 6.84. The Morgan fingerprint density at radius 1 is 1.13 bits per heavy atom. The highest BCUT2D eigenvalue weighted by atomic mass is 19.4. The van der Waals surface area contributed by atoms with Gasteiger partial charge in [-0.1, -0.05) is 17.3 Å². The third kappa shape index (κ3) is 2.80. The van der Waals surface area contributed by atoms with E-state index in [2.05, 4.69) is 5.16 Å². The van der Waals surface area contributed by atoms with Gasteiger partial charge in [0.2, 0.25) is 0 Å². The normalized spacial score (nSPS) is 34.3. The molecule has 2 aliphatic rings. The molecular weight excluding hydrogens is 319 g/mol. The Hall–Kier alpha value is -1.68. The van der Waals surface area contributed by atoms with Crippen LogP contribution in [0.2, 0.25) is 0 Å². The van der Waals surface area contributed by atoms with Crippen molar-refractivity contribution in [2.45, 2.75) is 36.7 Å². The molecule has 1 aromatic carbocycles. The van der Waals surface area contributed by atoms with E-state index in [-0.39, 0.29) is 18.7 Å². The zero-order valence-electron chi connectivity index (χ0n) is 11.7. The van der Waals surface area contributed by atoms with E-state index in [4.69, 9.17) is 9.57 Å². The Balaban J connectivity index is 1.77. The van der Waals surface area contributed by atoms with Gasteiger partial charge in [0.05, 0.1) is 24.3 Å². The van der Waals surface area contributed by atoms with Gasteiger partial charge >= 0.3 is 6.18 Å². The summed E-state index contributed by atoms with van der Waals surface area (Å²) in [6.07, 6.45) is -8.76. The van der Waals surface area contributed by atoms with Gasteiger partial charge < -0.3 is 24.9 Å². The molecule has 1 fully saturated rings. The summed E-state index contributed by atoms with van der Waals surface area (Å²) in [5, 5.41) is 32.9. The lowest BCUT2D eigenvalue weighted by atomic mass is 9.91. The number of oxime groups is 1. The first kappa shape index (κ1) is 16.2. The summed E-state index contributed by atoms with van der Waals surface area (Å²) in [4.78, 5) is 5.10. The van der Waals surface area contributed by atoms with Crippen LogP contribution in [0.5, 0.6) is 0 Å². The predicted octanol–water partition coefficient (Wildman–Crippen LogP) is 0.639. The molecule has 3 rings (SSSR count). The van der Waals surface area contributed by atoms with Gasteiger partial charge in [-0.05, 0) is 17.7 Å². The van der Waals surface area contributed by atoms with Gasteiger partial charge in [-0.25, -0.2) is 0 Å². The van der Waals surface area contributed by atoms with Gasteiger partial charge in [-0.2, -0.15) is 13.2 Å². The number of rotatable bonds is 1. The van der Waals surface area contributed by atoms with Crippen molar-refractivity contribution in [2.75, 3.05) is 6.61 Å². The predicted molar refractivity (Wildman–Crippen MR) is 70.4 cm³/mol. The molecule has 4 atom stereocenters. The maximum Gasteiger partial charge on any atom is 0.416 e. The van der Waals surface area contributed by atoms with Crippen molar-refractivity contribution in [3.8, 4) is 0 Å². The number of nitrogens with zero attached hydrogens (tertiary/aromatic N) is 1. The Kier molecular flexibility index (Phi) is 3.83. The van der Waals surface area contributed by atoms with Gasteiger partial charge in [-0.3, -0.25) is 0 Å². The molecule has 1 saturated heterocycles. The number of hydrogen-bond donors (Lipinski definition) is 3. The number of aliphatic hydroxyl groups excluding tert-OH is 3. The summed E-state index contributed by atoms with van der Waals surface area (Å²) in [5.74, 6) is -1.64. The molecule has 0 aliphatic carbocycles. The van der Waals surface area contributed by atoms with Crippen molar-refractivity contribution in [1.82, 2.24) is 0 Å². The van der Waals surface area contributed by atoms with Crippen LogP contribution in [-0.4, -0.2) is 51.7 Å². The molecule has 9 heteroatoms. The average molecular weight is 333 g/mol. The van der Waals surface area contributed by atoms with Crippen molar-refractivity contribution < 1.29 is 38.1 Å². The first-order chi connectivity index (χ1) is 10.7. The molecule has 3 N–H and O–H groups in total. The molecule has 1 aromatic rings. The number of ether oxygens (including phenoxy) is 1. The van der Waals surface area contributed by atoms with E-state index in [9.17, 15) is 28.5 Å². The lowest BCUT2D eigenvalue weighted by molar-refractivity contribution is -0.328. The molecule has 0 radical (unpaired) electrons. The quantitative estimate of drug-likeness (QED) is 0.701. The molecule has 0 aromatic heterocycles. The summed E-state index contributed by atoms with van der Waals surface area (Å²) in [6, 6.07) is 4.31. The smallest absolute Gasteiger partial charge is 0.388 e. The second-order valence-electron chi connectivity index (χ2n) is 5.51. The number of alkyl halides is 3. The molecule has 0 bridgehead atoms. The molecule has 2 heterocycles. The third-order valence-electron chi connectivity index (χ3n) is 3.94. The summed E-state index contributed by atoms with van der Waals surface area (Å²) in [5.41, 5.74) is -0.129. The second-order valence-corrected chi connectivity index (χ2v) is 5.51. The van der Waals surface area contributed by atoms with Crippen LogP contribution in [0.4, 0.5) is 13.2 Å². The van der Waals surface area contributed by atoms with Crippen LogP contribution in [0.15, 0.2) is 29.4 Å². The monoisotopic (exact) mass is 333 g/mol. The topological polar surface area (TPSA) is 91.5 Å². The highest BCUT2D eigenvalue weighted by molar-refractivity contribution is 6.01. The van der Waals surface area contributed by atoms with E-state index in [1.807, 2.05) is 0 Å². The maximum absolute atomic E-state index is 12.6. The molecule has 126 valence electrons. The first-order valence-corrected chi connectivity index (χ1v) is 6.84. The zero-order valence-corrected chi connectivity index (χ0v) is 11.7. The molecule has 0 saturated carbocycles. The Morgan fingerprint density at radius 3 is 2.39 bits per heavy atom. The van der Waals surface area contributed by atoms with Crippen LogP contribution in [-0.2, 0) is 15.8 Å².